The van der Waals surface area contributed by atoms with E-state index in [0.717, 1.165) is 26.2 Å². The van der Waals surface area contributed by atoms with E-state index in [1.807, 2.05) is 11.3 Å². The van der Waals surface area contributed by atoms with E-state index in [9.17, 15) is 0 Å². The number of nitrogens with one attached hydrogen (secondary N) is 1. The van der Waals surface area contributed by atoms with Crippen LogP contribution in [0, 0.1) is 5.41 Å². The van der Waals surface area contributed by atoms with E-state index < -0.39 is 0 Å². The van der Waals surface area contributed by atoms with E-state index in [1.54, 1.807) is 0 Å². The first-order valence-corrected chi connectivity index (χ1v) is 9.34. The summed E-state index contributed by atoms with van der Waals surface area (Å²) in [5.41, 5.74) is 0.401. The minimum absolute atomic E-state index is 0.401. The van der Waals surface area contributed by atoms with Crippen molar-refractivity contribution in [3.63, 3.8) is 0 Å². The molecular weight excluding hydrogens is 332 g/mol. The molecule has 1 aromatic rings. The molecule has 1 N–H and O–H groups in total. The van der Waals surface area contributed by atoms with Crippen molar-refractivity contribution in [1.82, 2.24) is 10.2 Å². The predicted octanol–water partition coefficient (Wildman–Crippen LogP) is 4.75. The van der Waals surface area contributed by atoms with Crippen molar-refractivity contribution in [2.75, 3.05) is 26.7 Å². The molecule has 116 valence electrons. The number of halogens is 1. The number of thiophene rings is 1. The maximum Gasteiger partial charge on any atom is 0.0325 e. The summed E-state index contributed by atoms with van der Waals surface area (Å²) < 4.78 is 1.20. The molecule has 0 amide bonds. The zero-order valence-electron chi connectivity index (χ0n) is 13.3. The second-order valence-corrected chi connectivity index (χ2v) is 7.70. The molecule has 0 bridgehead atoms. The van der Waals surface area contributed by atoms with Gasteiger partial charge in [-0.1, -0.05) is 20.8 Å². The van der Waals surface area contributed by atoms with Gasteiger partial charge in [0.2, 0.25) is 0 Å². The molecule has 2 nitrogen and oxygen atoms in total. The quantitative estimate of drug-likeness (QED) is 0.605. The lowest BCUT2D eigenvalue weighted by Gasteiger charge is -2.36. The zero-order valence-corrected chi connectivity index (χ0v) is 15.7. The van der Waals surface area contributed by atoms with Crippen molar-refractivity contribution in [2.24, 2.45) is 5.41 Å². The van der Waals surface area contributed by atoms with Gasteiger partial charge in [-0.25, -0.2) is 0 Å². The normalized spacial score (nSPS) is 12.3. The number of nitrogens with zero attached hydrogens (tertiary/aromatic N) is 1. The minimum Gasteiger partial charge on any atom is -0.316 e. The Morgan fingerprint density at radius 2 is 2.00 bits per heavy atom. The Morgan fingerprint density at radius 1 is 1.30 bits per heavy atom. The molecule has 0 spiro atoms. The summed E-state index contributed by atoms with van der Waals surface area (Å²) in [6.07, 6.45) is 3.68. The van der Waals surface area contributed by atoms with Crippen molar-refractivity contribution in [2.45, 2.75) is 46.6 Å². The molecule has 4 heteroatoms. The fourth-order valence-electron chi connectivity index (χ4n) is 2.64. The van der Waals surface area contributed by atoms with Gasteiger partial charge < -0.3 is 10.2 Å². The Morgan fingerprint density at radius 3 is 2.50 bits per heavy atom. The smallest absolute Gasteiger partial charge is 0.0325 e. The third-order valence-electron chi connectivity index (χ3n) is 4.08. The van der Waals surface area contributed by atoms with Gasteiger partial charge in [0.15, 0.2) is 0 Å². The Labute approximate surface area is 137 Å². The van der Waals surface area contributed by atoms with Crippen molar-refractivity contribution >= 4 is 27.3 Å². The van der Waals surface area contributed by atoms with Crippen LogP contribution in [0.25, 0.3) is 0 Å². The molecule has 0 atom stereocenters. The Kier molecular flexibility index (Phi) is 8.34. The van der Waals surface area contributed by atoms with Crippen LogP contribution in [0.15, 0.2) is 15.9 Å². The molecule has 1 aromatic heterocycles. The molecule has 0 saturated heterocycles. The summed E-state index contributed by atoms with van der Waals surface area (Å²) >= 11 is 5.37. The van der Waals surface area contributed by atoms with E-state index in [-0.39, 0.29) is 0 Å². The van der Waals surface area contributed by atoms with Gasteiger partial charge in [0.1, 0.15) is 0 Å². The summed E-state index contributed by atoms with van der Waals surface area (Å²) in [5, 5.41) is 5.79. The molecule has 0 aliphatic carbocycles. The van der Waals surface area contributed by atoms with E-state index >= 15 is 0 Å². The fraction of sp³-hybridized carbons (Fsp3) is 0.750. The van der Waals surface area contributed by atoms with Gasteiger partial charge in [0, 0.05) is 34.4 Å². The summed E-state index contributed by atoms with van der Waals surface area (Å²) in [4.78, 5) is 3.90. The number of rotatable bonds is 10. The number of hydrogen-bond acceptors (Lipinski definition) is 3. The lowest BCUT2D eigenvalue weighted by molar-refractivity contribution is 0.152. The molecule has 0 aromatic carbocycles. The van der Waals surface area contributed by atoms with E-state index in [0.29, 0.717) is 5.41 Å². The van der Waals surface area contributed by atoms with Gasteiger partial charge in [0.05, 0.1) is 0 Å². The highest BCUT2D eigenvalue weighted by atomic mass is 79.9. The second-order valence-electron chi connectivity index (χ2n) is 5.79. The molecule has 0 aliphatic heterocycles. The molecule has 0 saturated carbocycles. The molecule has 1 rings (SSSR count). The van der Waals surface area contributed by atoms with Gasteiger partial charge in [-0.05, 0) is 60.3 Å². The summed E-state index contributed by atoms with van der Waals surface area (Å²) in [5.74, 6) is 0. The zero-order chi connectivity index (χ0) is 15.0. The number of hydrogen-bond donors (Lipinski definition) is 1. The molecule has 0 unspecified atom stereocenters. The first-order valence-electron chi connectivity index (χ1n) is 7.67. The lowest BCUT2D eigenvalue weighted by atomic mass is 9.81. The average Bonchev–Trinajstić information content (AvgIpc) is 2.83. The first-order chi connectivity index (χ1) is 9.55. The largest absolute Gasteiger partial charge is 0.316 e. The third-order valence-corrected chi connectivity index (χ3v) is 5.76. The van der Waals surface area contributed by atoms with Crippen molar-refractivity contribution in [3.05, 3.63) is 20.8 Å². The Balaban J connectivity index is 2.54. The van der Waals surface area contributed by atoms with Crippen molar-refractivity contribution in [3.8, 4) is 0 Å². The highest BCUT2D eigenvalue weighted by molar-refractivity contribution is 9.10. The second kappa shape index (κ2) is 9.19. The van der Waals surface area contributed by atoms with Crippen LogP contribution >= 0.6 is 27.3 Å². The van der Waals surface area contributed by atoms with Crippen LogP contribution in [0.5, 0.6) is 0 Å². The average molecular weight is 361 g/mol. The van der Waals surface area contributed by atoms with E-state index in [1.165, 1.54) is 28.6 Å². The monoisotopic (exact) mass is 360 g/mol. The molecular formula is C16H29BrN2S. The van der Waals surface area contributed by atoms with Crippen LogP contribution in [0.4, 0.5) is 0 Å². The van der Waals surface area contributed by atoms with Crippen molar-refractivity contribution in [1.29, 1.82) is 0 Å². The maximum atomic E-state index is 3.62. The predicted molar refractivity (Wildman–Crippen MR) is 94.5 cm³/mol. The van der Waals surface area contributed by atoms with Crippen LogP contribution in [-0.2, 0) is 6.54 Å². The summed E-state index contributed by atoms with van der Waals surface area (Å²) in [7, 11) is 2.24. The molecule has 1 heterocycles. The topological polar surface area (TPSA) is 15.3 Å². The van der Waals surface area contributed by atoms with Gasteiger partial charge in [0.25, 0.3) is 0 Å². The van der Waals surface area contributed by atoms with Gasteiger partial charge in [-0.3, -0.25) is 0 Å². The molecule has 0 radical (unpaired) electrons. The minimum atomic E-state index is 0.401. The molecule has 0 aliphatic rings. The maximum absolute atomic E-state index is 3.62. The van der Waals surface area contributed by atoms with Gasteiger partial charge in [-0.2, -0.15) is 0 Å². The Bertz CT molecular complexity index is 374. The van der Waals surface area contributed by atoms with Crippen LogP contribution < -0.4 is 5.32 Å². The highest BCUT2D eigenvalue weighted by Crippen LogP contribution is 2.28. The standard InChI is InChI=1S/C16H29BrN2S/c1-5-8-18-12-16(6-2,7-3)13-19(4)10-15-9-14(17)11-20-15/h9,11,18H,5-8,10,12-13H2,1-4H3. The van der Waals surface area contributed by atoms with Crippen LogP contribution in [0.2, 0.25) is 0 Å². The molecule has 0 fully saturated rings. The highest BCUT2D eigenvalue weighted by Gasteiger charge is 2.27. The van der Waals surface area contributed by atoms with Crippen LogP contribution in [0.3, 0.4) is 0 Å². The van der Waals surface area contributed by atoms with Crippen molar-refractivity contribution < 1.29 is 0 Å². The van der Waals surface area contributed by atoms with Crippen LogP contribution in [-0.4, -0.2) is 31.6 Å². The van der Waals surface area contributed by atoms with Crippen LogP contribution in [0.1, 0.15) is 44.9 Å². The van der Waals surface area contributed by atoms with E-state index in [2.05, 4.69) is 65.4 Å². The fourth-order valence-corrected chi connectivity index (χ4v) is 4.17. The van der Waals surface area contributed by atoms with E-state index in [4.69, 9.17) is 0 Å². The van der Waals surface area contributed by atoms with Gasteiger partial charge in [-0.15, -0.1) is 11.3 Å². The summed E-state index contributed by atoms with van der Waals surface area (Å²) in [6.45, 7) is 11.3. The summed E-state index contributed by atoms with van der Waals surface area (Å²) in [6, 6.07) is 2.23. The lowest BCUT2D eigenvalue weighted by Crippen LogP contribution is -2.42. The first kappa shape index (κ1) is 18.1. The van der Waals surface area contributed by atoms with Gasteiger partial charge >= 0.3 is 0 Å². The third kappa shape index (κ3) is 5.84. The molecule has 20 heavy (non-hydrogen) atoms. The SMILES string of the molecule is CCCNCC(CC)(CC)CN(C)Cc1cc(Br)cs1. The Hall–Kier alpha value is 0.1000.